The Kier molecular flexibility index (Phi) is 2.32. The number of hydrogen-bond donors (Lipinski definition) is 1. The summed E-state index contributed by atoms with van der Waals surface area (Å²) in [7, 11) is 0. The molecule has 0 bridgehead atoms. The van der Waals surface area contributed by atoms with E-state index >= 15 is 0 Å². The van der Waals surface area contributed by atoms with E-state index in [4.69, 9.17) is 5.21 Å². The van der Waals surface area contributed by atoms with Crippen molar-refractivity contribution in [1.29, 1.82) is 0 Å². The predicted molar refractivity (Wildman–Crippen MR) is 36.5 cm³/mol. The molecule has 7 heteroatoms. The van der Waals surface area contributed by atoms with E-state index in [1.165, 1.54) is 11.6 Å². The van der Waals surface area contributed by atoms with Crippen molar-refractivity contribution in [3.05, 3.63) is 16.6 Å². The van der Waals surface area contributed by atoms with Crippen LogP contribution in [-0.4, -0.2) is 22.1 Å². The normalized spacial score (nSPS) is 13.4. The van der Waals surface area contributed by atoms with Crippen molar-refractivity contribution < 1.29 is 18.4 Å². The molecule has 0 fully saturated rings. The van der Waals surface area contributed by atoms with Crippen LogP contribution >= 0.6 is 11.3 Å². The smallest absolute Gasteiger partial charge is 0.410 e. The highest BCUT2D eigenvalue weighted by Crippen LogP contribution is 2.23. The first-order chi connectivity index (χ1) is 5.55. The maximum absolute atomic E-state index is 12.0. The zero-order valence-corrected chi connectivity index (χ0v) is 6.35. The molecule has 12 heavy (non-hydrogen) atoms. The lowest BCUT2D eigenvalue weighted by Gasteiger charge is -2.03. The average molecular weight is 196 g/mol. The molecule has 1 rings (SSSR count). The highest BCUT2D eigenvalue weighted by molar-refractivity contribution is 7.11. The highest BCUT2D eigenvalue weighted by atomic mass is 32.1. The van der Waals surface area contributed by atoms with Crippen molar-refractivity contribution in [1.82, 2.24) is 4.98 Å². The lowest BCUT2D eigenvalue weighted by molar-refractivity contribution is -0.0601. The van der Waals surface area contributed by atoms with E-state index in [9.17, 15) is 13.2 Å². The topological polar surface area (TPSA) is 45.5 Å². The van der Waals surface area contributed by atoms with Gasteiger partial charge in [0.2, 0.25) is 5.71 Å². The molecule has 0 radical (unpaired) electrons. The first-order valence-electron chi connectivity index (χ1n) is 2.75. The van der Waals surface area contributed by atoms with E-state index in [1.807, 2.05) is 0 Å². The molecule has 3 nitrogen and oxygen atoms in total. The Bertz CT molecular complexity index is 279. The van der Waals surface area contributed by atoms with Gasteiger partial charge in [-0.3, -0.25) is 0 Å². The minimum Gasteiger partial charge on any atom is -0.410 e. The van der Waals surface area contributed by atoms with Gasteiger partial charge in [-0.25, -0.2) is 4.98 Å². The van der Waals surface area contributed by atoms with Gasteiger partial charge in [-0.2, -0.15) is 13.2 Å². The number of halogens is 3. The average Bonchev–Trinajstić information content (AvgIpc) is 2.38. The van der Waals surface area contributed by atoms with Crippen molar-refractivity contribution >= 4 is 17.0 Å². The highest BCUT2D eigenvalue weighted by Gasteiger charge is 2.39. The predicted octanol–water partition coefficient (Wildman–Crippen LogP) is 1.88. The fraction of sp³-hybridized carbons (Fsp3) is 0.200. The van der Waals surface area contributed by atoms with Gasteiger partial charge in [-0.05, 0) is 0 Å². The molecule has 0 aliphatic rings. The Labute approximate surface area is 69.2 Å². The summed E-state index contributed by atoms with van der Waals surface area (Å²) in [5.41, 5.74) is -1.36. The monoisotopic (exact) mass is 196 g/mol. The summed E-state index contributed by atoms with van der Waals surface area (Å²) >= 11 is 0.761. The van der Waals surface area contributed by atoms with Gasteiger partial charge in [0, 0.05) is 11.6 Å². The molecule has 0 amide bonds. The van der Waals surface area contributed by atoms with Gasteiger partial charge in [0.25, 0.3) is 0 Å². The number of nitrogens with zero attached hydrogens (tertiary/aromatic N) is 2. The summed E-state index contributed by atoms with van der Waals surface area (Å²) < 4.78 is 35.9. The van der Waals surface area contributed by atoms with Gasteiger partial charge < -0.3 is 5.21 Å². The molecule has 0 saturated heterocycles. The summed E-state index contributed by atoms with van der Waals surface area (Å²) in [6.45, 7) is 0. The fourth-order valence-electron chi connectivity index (χ4n) is 0.561. The third-order valence-electron chi connectivity index (χ3n) is 1.00. The van der Waals surface area contributed by atoms with Gasteiger partial charge in [-0.1, -0.05) is 5.16 Å². The van der Waals surface area contributed by atoms with E-state index in [2.05, 4.69) is 10.1 Å². The number of alkyl halides is 3. The molecule has 1 heterocycles. The summed E-state index contributed by atoms with van der Waals surface area (Å²) in [6, 6.07) is 0. The zero-order valence-electron chi connectivity index (χ0n) is 5.54. The third kappa shape index (κ3) is 1.73. The summed E-state index contributed by atoms with van der Waals surface area (Å²) in [5.74, 6) is 0. The van der Waals surface area contributed by atoms with Gasteiger partial charge in [0.05, 0.1) is 0 Å². The van der Waals surface area contributed by atoms with E-state index in [0.717, 1.165) is 11.3 Å². The second kappa shape index (κ2) is 3.10. The molecule has 0 aromatic carbocycles. The largest absolute Gasteiger partial charge is 0.439 e. The van der Waals surface area contributed by atoms with Crippen molar-refractivity contribution in [2.24, 2.45) is 5.16 Å². The minimum absolute atomic E-state index is 0.343. The van der Waals surface area contributed by atoms with Crippen molar-refractivity contribution in [2.45, 2.75) is 6.18 Å². The Hall–Kier alpha value is -1.11. The van der Waals surface area contributed by atoms with Gasteiger partial charge in [0.1, 0.15) is 5.01 Å². The molecule has 1 N–H and O–H groups in total. The Morgan fingerprint density at radius 1 is 1.58 bits per heavy atom. The van der Waals surface area contributed by atoms with Crippen LogP contribution in [0.3, 0.4) is 0 Å². The molecule has 66 valence electrons. The molecule has 0 aliphatic heterocycles. The standard InChI is InChI=1S/C5H3F3N2OS/c6-5(7,8)3(10-11)4-9-1-2-12-4/h1-2,11H/b10-3+. The van der Waals surface area contributed by atoms with Crippen molar-refractivity contribution in [3.63, 3.8) is 0 Å². The molecule has 0 spiro atoms. The summed E-state index contributed by atoms with van der Waals surface area (Å²) in [6.07, 6.45) is -3.45. The van der Waals surface area contributed by atoms with Crippen LogP contribution in [-0.2, 0) is 0 Å². The molecular weight excluding hydrogens is 193 g/mol. The molecule has 0 aliphatic carbocycles. The van der Waals surface area contributed by atoms with Crippen LogP contribution in [0.25, 0.3) is 0 Å². The quantitative estimate of drug-likeness (QED) is 0.423. The molecule has 1 aromatic rings. The third-order valence-corrected chi connectivity index (χ3v) is 1.78. The van der Waals surface area contributed by atoms with Crippen LogP contribution in [0.4, 0.5) is 13.2 Å². The lowest BCUT2D eigenvalue weighted by Crippen LogP contribution is -2.23. The maximum atomic E-state index is 12.0. The molecule has 0 atom stereocenters. The molecule has 1 aromatic heterocycles. The Morgan fingerprint density at radius 2 is 2.25 bits per heavy atom. The van der Waals surface area contributed by atoms with Gasteiger partial charge >= 0.3 is 6.18 Å². The van der Waals surface area contributed by atoms with E-state index in [0.29, 0.717) is 0 Å². The number of rotatable bonds is 1. The minimum atomic E-state index is -4.66. The van der Waals surface area contributed by atoms with Crippen molar-refractivity contribution in [2.75, 3.05) is 0 Å². The summed E-state index contributed by atoms with van der Waals surface area (Å²) in [4.78, 5) is 3.36. The first-order valence-corrected chi connectivity index (χ1v) is 3.63. The van der Waals surface area contributed by atoms with Crippen LogP contribution in [0.5, 0.6) is 0 Å². The van der Waals surface area contributed by atoms with E-state index in [1.54, 1.807) is 0 Å². The van der Waals surface area contributed by atoms with Crippen molar-refractivity contribution in [3.8, 4) is 0 Å². The van der Waals surface area contributed by atoms with Gasteiger partial charge in [0.15, 0.2) is 0 Å². The number of hydrogen-bond acceptors (Lipinski definition) is 4. The Balaban J connectivity index is 3.01. The van der Waals surface area contributed by atoms with E-state index < -0.39 is 11.9 Å². The molecule has 0 saturated carbocycles. The zero-order chi connectivity index (χ0) is 9.19. The summed E-state index contributed by atoms with van der Waals surface area (Å²) in [5, 5.41) is 11.2. The second-order valence-electron chi connectivity index (χ2n) is 1.78. The molecular formula is C5H3F3N2OS. The van der Waals surface area contributed by atoms with Crippen LogP contribution in [0.2, 0.25) is 0 Å². The van der Waals surface area contributed by atoms with Crippen LogP contribution in [0.15, 0.2) is 16.7 Å². The fourth-order valence-corrected chi connectivity index (χ4v) is 1.20. The number of thiazole rings is 1. The number of oxime groups is 1. The lowest BCUT2D eigenvalue weighted by atomic mass is 10.4. The van der Waals surface area contributed by atoms with E-state index in [-0.39, 0.29) is 5.01 Å². The Morgan fingerprint density at radius 3 is 2.58 bits per heavy atom. The first kappa shape index (κ1) is 8.98. The van der Waals surface area contributed by atoms with Crippen LogP contribution in [0, 0.1) is 0 Å². The molecule has 0 unspecified atom stereocenters. The van der Waals surface area contributed by atoms with Crippen LogP contribution < -0.4 is 0 Å². The maximum Gasteiger partial charge on any atom is 0.439 e. The van der Waals surface area contributed by atoms with Crippen LogP contribution in [0.1, 0.15) is 5.01 Å². The second-order valence-corrected chi connectivity index (χ2v) is 2.68. The number of aromatic nitrogens is 1. The van der Waals surface area contributed by atoms with Gasteiger partial charge in [-0.15, -0.1) is 11.3 Å². The SMILES string of the molecule is O/N=C(\c1nccs1)C(F)(F)F.